The molecule has 33 heavy (non-hydrogen) atoms. The van der Waals surface area contributed by atoms with E-state index in [1.807, 2.05) is 55.5 Å². The zero-order valence-corrected chi connectivity index (χ0v) is 18.3. The molecule has 160 valence electrons. The van der Waals surface area contributed by atoms with Gasteiger partial charge in [0.1, 0.15) is 5.56 Å². The molecule has 5 rings (SSSR count). The largest absolute Gasteiger partial charge is 0.344 e. The Kier molecular flexibility index (Phi) is 5.08. The number of aromatic nitrogens is 4. The standard InChI is InChI=1S/C27H21N5O/c1-4-19-12-8-13-23-21(19)16-22(20-10-6-5-7-11-20)25(30-23)18(3)29-27(33)24-17(2)31-32-15-9-14-28-26(24)32/h1,5-16,18H,2-3H3,(H,29,33). The second kappa shape index (κ2) is 8.21. The first kappa shape index (κ1) is 20.4. The Balaban J connectivity index is 1.60. The van der Waals surface area contributed by atoms with Gasteiger partial charge in [-0.25, -0.2) is 14.5 Å². The molecule has 0 spiro atoms. The fourth-order valence-corrected chi connectivity index (χ4v) is 4.11. The molecular weight excluding hydrogens is 410 g/mol. The van der Waals surface area contributed by atoms with Gasteiger partial charge in [-0.05, 0) is 43.7 Å². The maximum absolute atomic E-state index is 13.3. The second-order valence-corrected chi connectivity index (χ2v) is 7.85. The highest BCUT2D eigenvalue weighted by Crippen LogP contribution is 2.31. The van der Waals surface area contributed by atoms with Crippen molar-refractivity contribution in [3.8, 4) is 23.5 Å². The van der Waals surface area contributed by atoms with Crippen molar-refractivity contribution < 1.29 is 4.79 Å². The lowest BCUT2D eigenvalue weighted by Crippen LogP contribution is -2.28. The fraction of sp³-hybridized carbons (Fsp3) is 0.111. The molecule has 2 aromatic carbocycles. The average Bonchev–Trinajstić information content (AvgIpc) is 3.19. The molecule has 1 unspecified atom stereocenters. The number of nitrogens with one attached hydrogen (secondary N) is 1. The Labute approximate surface area is 191 Å². The van der Waals surface area contributed by atoms with Crippen molar-refractivity contribution in [1.29, 1.82) is 0 Å². The summed E-state index contributed by atoms with van der Waals surface area (Å²) in [6.07, 6.45) is 9.16. The number of aryl methyl sites for hydroxylation is 1. The predicted octanol–water partition coefficient (Wildman–Crippen LogP) is 4.73. The molecule has 0 fully saturated rings. The van der Waals surface area contributed by atoms with Crippen LogP contribution in [0, 0.1) is 19.3 Å². The number of hydrogen-bond acceptors (Lipinski definition) is 4. The van der Waals surface area contributed by atoms with Crippen molar-refractivity contribution in [3.05, 3.63) is 95.6 Å². The summed E-state index contributed by atoms with van der Waals surface area (Å²) in [6, 6.07) is 19.2. The van der Waals surface area contributed by atoms with Crippen molar-refractivity contribution in [2.45, 2.75) is 19.9 Å². The molecule has 0 saturated carbocycles. The van der Waals surface area contributed by atoms with Gasteiger partial charge in [0.25, 0.3) is 5.91 Å². The lowest BCUT2D eigenvalue weighted by Gasteiger charge is -2.19. The minimum Gasteiger partial charge on any atom is -0.344 e. The molecule has 3 aromatic heterocycles. The highest BCUT2D eigenvalue weighted by molar-refractivity contribution is 6.01. The number of carbonyl (C=O) groups is 1. The molecular formula is C27H21N5O. The Morgan fingerprint density at radius 3 is 2.73 bits per heavy atom. The number of rotatable bonds is 4. The van der Waals surface area contributed by atoms with Crippen molar-refractivity contribution in [2.24, 2.45) is 0 Å². The van der Waals surface area contributed by atoms with E-state index in [2.05, 4.69) is 27.4 Å². The van der Waals surface area contributed by atoms with Gasteiger partial charge < -0.3 is 5.32 Å². The van der Waals surface area contributed by atoms with Gasteiger partial charge in [0, 0.05) is 28.9 Å². The van der Waals surface area contributed by atoms with E-state index < -0.39 is 0 Å². The lowest BCUT2D eigenvalue weighted by atomic mass is 9.96. The highest BCUT2D eigenvalue weighted by Gasteiger charge is 2.23. The van der Waals surface area contributed by atoms with Crippen molar-refractivity contribution in [2.75, 3.05) is 0 Å². The van der Waals surface area contributed by atoms with E-state index in [0.717, 1.165) is 33.3 Å². The number of benzene rings is 2. The molecule has 0 aliphatic rings. The first-order valence-electron chi connectivity index (χ1n) is 10.6. The molecule has 0 radical (unpaired) electrons. The quantitative estimate of drug-likeness (QED) is 0.418. The summed E-state index contributed by atoms with van der Waals surface area (Å²) in [6.45, 7) is 3.73. The Morgan fingerprint density at radius 1 is 1.12 bits per heavy atom. The minimum absolute atomic E-state index is 0.244. The number of fused-ring (bicyclic) bond motifs is 2. The molecule has 1 N–H and O–H groups in total. The number of nitrogens with zero attached hydrogens (tertiary/aromatic N) is 4. The van der Waals surface area contributed by atoms with Gasteiger partial charge in [-0.3, -0.25) is 4.79 Å². The van der Waals surface area contributed by atoms with E-state index >= 15 is 0 Å². The fourth-order valence-electron chi connectivity index (χ4n) is 4.11. The van der Waals surface area contributed by atoms with E-state index in [-0.39, 0.29) is 11.9 Å². The number of hydrogen-bond donors (Lipinski definition) is 1. The Morgan fingerprint density at radius 2 is 1.94 bits per heavy atom. The molecule has 3 heterocycles. The van der Waals surface area contributed by atoms with E-state index in [0.29, 0.717) is 16.9 Å². The van der Waals surface area contributed by atoms with E-state index in [1.54, 1.807) is 29.9 Å². The van der Waals surface area contributed by atoms with Crippen LogP contribution in [0.1, 0.15) is 40.3 Å². The van der Waals surface area contributed by atoms with Crippen LogP contribution in [0.25, 0.3) is 27.7 Å². The van der Waals surface area contributed by atoms with Gasteiger partial charge in [0.15, 0.2) is 5.65 Å². The van der Waals surface area contributed by atoms with Crippen LogP contribution in [-0.2, 0) is 0 Å². The zero-order valence-electron chi connectivity index (χ0n) is 18.3. The van der Waals surface area contributed by atoms with Gasteiger partial charge in [0.05, 0.1) is 22.9 Å². The van der Waals surface area contributed by atoms with Gasteiger partial charge in [-0.2, -0.15) is 5.10 Å². The summed E-state index contributed by atoms with van der Waals surface area (Å²) in [5.41, 5.74) is 5.86. The number of terminal acetylenes is 1. The van der Waals surface area contributed by atoms with Crippen molar-refractivity contribution >= 4 is 22.5 Å². The Bertz CT molecular complexity index is 1550. The van der Waals surface area contributed by atoms with Crippen LogP contribution in [-0.4, -0.2) is 25.5 Å². The van der Waals surface area contributed by atoms with Crippen LogP contribution in [0.5, 0.6) is 0 Å². The molecule has 0 aliphatic heterocycles. The summed E-state index contributed by atoms with van der Waals surface area (Å²) in [5, 5.41) is 8.40. The third-order valence-electron chi connectivity index (χ3n) is 5.68. The smallest absolute Gasteiger partial charge is 0.257 e. The molecule has 0 bridgehead atoms. The Hall–Kier alpha value is -4.50. The molecule has 1 amide bonds. The van der Waals surface area contributed by atoms with Crippen LogP contribution in [0.3, 0.4) is 0 Å². The van der Waals surface area contributed by atoms with E-state index in [4.69, 9.17) is 11.4 Å². The summed E-state index contributed by atoms with van der Waals surface area (Å²) in [4.78, 5) is 22.5. The number of carbonyl (C=O) groups excluding carboxylic acids is 1. The van der Waals surface area contributed by atoms with Gasteiger partial charge >= 0.3 is 0 Å². The van der Waals surface area contributed by atoms with Crippen LogP contribution < -0.4 is 5.32 Å². The topological polar surface area (TPSA) is 72.2 Å². The third-order valence-corrected chi connectivity index (χ3v) is 5.68. The van der Waals surface area contributed by atoms with Crippen LogP contribution in [0.2, 0.25) is 0 Å². The maximum Gasteiger partial charge on any atom is 0.257 e. The van der Waals surface area contributed by atoms with Crippen molar-refractivity contribution in [3.63, 3.8) is 0 Å². The maximum atomic E-state index is 13.3. The molecule has 5 aromatic rings. The average molecular weight is 431 g/mol. The van der Waals surface area contributed by atoms with Gasteiger partial charge in [0.2, 0.25) is 0 Å². The third kappa shape index (κ3) is 3.60. The molecule has 0 aliphatic carbocycles. The summed E-state index contributed by atoms with van der Waals surface area (Å²) in [7, 11) is 0. The number of amides is 1. The van der Waals surface area contributed by atoms with E-state index in [9.17, 15) is 4.79 Å². The van der Waals surface area contributed by atoms with E-state index in [1.165, 1.54) is 0 Å². The normalized spacial score (nSPS) is 11.9. The van der Waals surface area contributed by atoms with Crippen molar-refractivity contribution in [1.82, 2.24) is 24.9 Å². The molecule has 6 heteroatoms. The first-order chi connectivity index (χ1) is 16.1. The molecule has 0 saturated heterocycles. The minimum atomic E-state index is -0.371. The summed E-state index contributed by atoms with van der Waals surface area (Å²) in [5.74, 6) is 2.50. The predicted molar refractivity (Wildman–Crippen MR) is 129 cm³/mol. The van der Waals surface area contributed by atoms with Crippen LogP contribution in [0.15, 0.2) is 73.1 Å². The summed E-state index contributed by atoms with van der Waals surface area (Å²) < 4.78 is 1.61. The molecule has 1 atom stereocenters. The highest BCUT2D eigenvalue weighted by atomic mass is 16.1. The van der Waals surface area contributed by atoms with Crippen LogP contribution >= 0.6 is 0 Å². The number of pyridine rings is 1. The summed E-state index contributed by atoms with van der Waals surface area (Å²) >= 11 is 0. The second-order valence-electron chi connectivity index (χ2n) is 7.85. The zero-order chi connectivity index (χ0) is 22.9. The van der Waals surface area contributed by atoms with Gasteiger partial charge in [-0.1, -0.05) is 42.3 Å². The van der Waals surface area contributed by atoms with Crippen LogP contribution in [0.4, 0.5) is 0 Å². The monoisotopic (exact) mass is 431 g/mol. The first-order valence-corrected chi connectivity index (χ1v) is 10.6. The molecule has 6 nitrogen and oxygen atoms in total. The SMILES string of the molecule is C#Cc1cccc2nc(C(C)NC(=O)c3c(C)nn4cccnc34)c(-c3ccccc3)cc12. The lowest BCUT2D eigenvalue weighted by molar-refractivity contribution is 0.0940. The van der Waals surface area contributed by atoms with Gasteiger partial charge in [-0.15, -0.1) is 6.42 Å².